The van der Waals surface area contributed by atoms with E-state index < -0.39 is 0 Å². The van der Waals surface area contributed by atoms with Crippen LogP contribution in [0.4, 0.5) is 0 Å². The molecule has 0 spiro atoms. The third-order valence-corrected chi connectivity index (χ3v) is 4.52. The molecule has 0 aromatic carbocycles. The zero-order chi connectivity index (χ0) is 16.1. The number of hydrogen-bond acceptors (Lipinski definition) is 5. The van der Waals surface area contributed by atoms with Gasteiger partial charge in [0.1, 0.15) is 0 Å². The molecule has 1 saturated heterocycles. The first-order valence-electron chi connectivity index (χ1n) is 7.72. The summed E-state index contributed by atoms with van der Waals surface area (Å²) in [6.07, 6.45) is 2.04. The largest absolute Gasteiger partial charge is 0.372 e. The smallest absolute Gasteiger partial charge is 0.343 e. The predicted octanol–water partition coefficient (Wildman–Crippen LogP) is 1.10. The van der Waals surface area contributed by atoms with Gasteiger partial charge in [-0.15, -0.1) is 5.10 Å². The zero-order valence-corrected chi connectivity index (χ0v) is 14.2. The summed E-state index contributed by atoms with van der Waals surface area (Å²) in [5, 5.41) is 7.05. The lowest BCUT2D eigenvalue weighted by atomic mass is 10.2. The van der Waals surface area contributed by atoms with Gasteiger partial charge >= 0.3 is 5.69 Å². The maximum Gasteiger partial charge on any atom is 0.343 e. The Labute approximate surface area is 134 Å². The predicted molar refractivity (Wildman–Crippen MR) is 85.1 cm³/mol. The molecule has 1 N–H and O–H groups in total. The monoisotopic (exact) mass is 328 g/mol. The molecule has 2 rings (SSSR count). The topological polar surface area (TPSA) is 80.2 Å². The van der Waals surface area contributed by atoms with Gasteiger partial charge < -0.3 is 9.64 Å². The standard InChI is InChI=1S/C14H24N4O3S/c1-4-5-6-18-13(20)15-16-14(18)22-9-12(19)17-7-10(2)21-11(3)8-17/h10-11H,4-9H2,1-3H3,(H,15,20). The molecule has 22 heavy (non-hydrogen) atoms. The average Bonchev–Trinajstić information content (AvgIpc) is 2.82. The molecule has 1 aromatic heterocycles. The highest BCUT2D eigenvalue weighted by atomic mass is 32.2. The fourth-order valence-corrected chi connectivity index (χ4v) is 3.40. The molecule has 1 amide bonds. The van der Waals surface area contributed by atoms with Crippen LogP contribution in [0.1, 0.15) is 33.6 Å². The number of nitrogens with one attached hydrogen (secondary N) is 1. The minimum absolute atomic E-state index is 0.0597. The van der Waals surface area contributed by atoms with Crippen molar-refractivity contribution in [3.05, 3.63) is 10.5 Å². The molecule has 124 valence electrons. The Balaban J connectivity index is 1.92. The minimum Gasteiger partial charge on any atom is -0.372 e. The first-order valence-corrected chi connectivity index (χ1v) is 8.71. The number of aromatic amines is 1. The summed E-state index contributed by atoms with van der Waals surface area (Å²) in [7, 11) is 0. The number of H-pyrrole nitrogens is 1. The Bertz CT molecular complexity index is 547. The number of hydrogen-bond donors (Lipinski definition) is 1. The molecule has 2 atom stereocenters. The fraction of sp³-hybridized carbons (Fsp3) is 0.786. The number of carbonyl (C=O) groups is 1. The number of ether oxygens (including phenoxy) is 1. The van der Waals surface area contributed by atoms with E-state index in [-0.39, 0.29) is 29.6 Å². The fourth-order valence-electron chi connectivity index (χ4n) is 2.53. The van der Waals surface area contributed by atoms with Gasteiger partial charge in [-0.25, -0.2) is 9.89 Å². The van der Waals surface area contributed by atoms with Crippen molar-refractivity contribution in [2.45, 2.75) is 57.5 Å². The maximum absolute atomic E-state index is 12.3. The van der Waals surface area contributed by atoms with Crippen LogP contribution in [0, 0.1) is 0 Å². The third kappa shape index (κ3) is 4.36. The number of carbonyl (C=O) groups excluding carboxylic acids is 1. The molecule has 1 aliphatic rings. The van der Waals surface area contributed by atoms with Gasteiger partial charge in [-0.1, -0.05) is 25.1 Å². The van der Waals surface area contributed by atoms with Crippen molar-refractivity contribution in [2.75, 3.05) is 18.8 Å². The highest BCUT2D eigenvalue weighted by molar-refractivity contribution is 7.99. The van der Waals surface area contributed by atoms with E-state index in [9.17, 15) is 9.59 Å². The van der Waals surface area contributed by atoms with Crippen LogP contribution in [0.15, 0.2) is 9.95 Å². The van der Waals surface area contributed by atoms with E-state index in [0.717, 1.165) is 12.8 Å². The molecule has 2 heterocycles. The second kappa shape index (κ2) is 7.82. The lowest BCUT2D eigenvalue weighted by Crippen LogP contribution is -2.48. The zero-order valence-electron chi connectivity index (χ0n) is 13.4. The number of unbranched alkanes of at least 4 members (excludes halogenated alkanes) is 1. The number of rotatable bonds is 6. The lowest BCUT2D eigenvalue weighted by molar-refractivity contribution is -0.140. The third-order valence-electron chi connectivity index (χ3n) is 3.56. The van der Waals surface area contributed by atoms with E-state index in [1.54, 1.807) is 4.57 Å². The van der Waals surface area contributed by atoms with Gasteiger partial charge in [-0.3, -0.25) is 9.36 Å². The van der Waals surface area contributed by atoms with Crippen LogP contribution in [0.25, 0.3) is 0 Å². The summed E-state index contributed by atoms with van der Waals surface area (Å²) in [5.74, 6) is 0.347. The van der Waals surface area contributed by atoms with E-state index in [0.29, 0.717) is 24.8 Å². The Hall–Kier alpha value is -1.28. The van der Waals surface area contributed by atoms with Crippen molar-refractivity contribution in [1.82, 2.24) is 19.7 Å². The molecule has 1 aliphatic heterocycles. The number of thioether (sulfide) groups is 1. The minimum atomic E-state index is -0.211. The van der Waals surface area contributed by atoms with Gasteiger partial charge in [0.15, 0.2) is 5.16 Å². The normalized spacial score (nSPS) is 22.0. The van der Waals surface area contributed by atoms with Crippen molar-refractivity contribution in [3.8, 4) is 0 Å². The summed E-state index contributed by atoms with van der Waals surface area (Å²) in [4.78, 5) is 25.8. The number of morpholine rings is 1. The van der Waals surface area contributed by atoms with E-state index >= 15 is 0 Å². The molecule has 2 unspecified atom stereocenters. The first-order chi connectivity index (χ1) is 10.5. The van der Waals surface area contributed by atoms with Crippen LogP contribution in [0.2, 0.25) is 0 Å². The summed E-state index contributed by atoms with van der Waals surface area (Å²) >= 11 is 1.31. The van der Waals surface area contributed by atoms with Gasteiger partial charge in [0, 0.05) is 19.6 Å². The van der Waals surface area contributed by atoms with Crippen LogP contribution in [0.5, 0.6) is 0 Å². The Kier molecular flexibility index (Phi) is 6.07. The van der Waals surface area contributed by atoms with Gasteiger partial charge in [0.05, 0.1) is 18.0 Å². The van der Waals surface area contributed by atoms with Crippen molar-refractivity contribution in [1.29, 1.82) is 0 Å². The summed E-state index contributed by atoms with van der Waals surface area (Å²) < 4.78 is 7.24. The lowest BCUT2D eigenvalue weighted by Gasteiger charge is -2.35. The van der Waals surface area contributed by atoms with Crippen LogP contribution >= 0.6 is 11.8 Å². The van der Waals surface area contributed by atoms with Crippen molar-refractivity contribution in [3.63, 3.8) is 0 Å². The molecule has 0 bridgehead atoms. The SMILES string of the molecule is CCCCn1c(SCC(=O)N2CC(C)OC(C)C2)n[nH]c1=O. The molecule has 0 saturated carbocycles. The van der Waals surface area contributed by atoms with Crippen LogP contribution < -0.4 is 5.69 Å². The average molecular weight is 328 g/mol. The number of amides is 1. The molecule has 8 heteroatoms. The van der Waals surface area contributed by atoms with Gasteiger partial charge in [0.25, 0.3) is 0 Å². The summed E-state index contributed by atoms with van der Waals surface area (Å²) in [5.41, 5.74) is -0.211. The van der Waals surface area contributed by atoms with E-state index in [4.69, 9.17) is 4.74 Å². The van der Waals surface area contributed by atoms with E-state index in [2.05, 4.69) is 17.1 Å². The number of nitrogens with zero attached hydrogens (tertiary/aromatic N) is 3. The highest BCUT2D eigenvalue weighted by Crippen LogP contribution is 2.17. The second-order valence-corrected chi connectivity index (χ2v) is 6.60. The Morgan fingerprint density at radius 1 is 1.41 bits per heavy atom. The Morgan fingerprint density at radius 3 is 2.73 bits per heavy atom. The van der Waals surface area contributed by atoms with Crippen molar-refractivity contribution >= 4 is 17.7 Å². The second-order valence-electron chi connectivity index (χ2n) is 5.66. The van der Waals surface area contributed by atoms with Crippen molar-refractivity contribution in [2.24, 2.45) is 0 Å². The van der Waals surface area contributed by atoms with Gasteiger partial charge in [-0.2, -0.15) is 0 Å². The van der Waals surface area contributed by atoms with Crippen LogP contribution in [-0.4, -0.2) is 56.6 Å². The van der Waals surface area contributed by atoms with Crippen LogP contribution in [-0.2, 0) is 16.1 Å². The molecular formula is C14H24N4O3S. The number of aromatic nitrogens is 3. The molecule has 0 aliphatic carbocycles. The molecule has 1 fully saturated rings. The van der Waals surface area contributed by atoms with E-state index in [1.807, 2.05) is 18.7 Å². The Morgan fingerprint density at radius 2 is 2.09 bits per heavy atom. The van der Waals surface area contributed by atoms with Crippen molar-refractivity contribution < 1.29 is 9.53 Å². The van der Waals surface area contributed by atoms with Crippen LogP contribution in [0.3, 0.4) is 0 Å². The van der Waals surface area contributed by atoms with E-state index in [1.165, 1.54) is 11.8 Å². The molecule has 7 nitrogen and oxygen atoms in total. The quantitative estimate of drug-likeness (QED) is 0.791. The summed E-state index contributed by atoms with van der Waals surface area (Å²) in [6, 6.07) is 0. The van der Waals surface area contributed by atoms with Gasteiger partial charge in [-0.05, 0) is 20.3 Å². The highest BCUT2D eigenvalue weighted by Gasteiger charge is 2.26. The molecule has 0 radical (unpaired) electrons. The maximum atomic E-state index is 12.3. The molecular weight excluding hydrogens is 304 g/mol. The summed E-state index contributed by atoms with van der Waals surface area (Å²) in [6.45, 7) is 7.88. The van der Waals surface area contributed by atoms with Gasteiger partial charge in [0.2, 0.25) is 5.91 Å². The first kappa shape index (κ1) is 17.1. The molecule has 1 aromatic rings.